The highest BCUT2D eigenvalue weighted by molar-refractivity contribution is 5.13. The number of nitrogens with zero attached hydrogens (tertiary/aromatic N) is 2. The summed E-state index contributed by atoms with van der Waals surface area (Å²) in [5.41, 5.74) is 1.37. The van der Waals surface area contributed by atoms with Gasteiger partial charge in [-0.05, 0) is 37.3 Å². The topological polar surface area (TPSA) is 28.2 Å². The monoisotopic (exact) mass is 247 g/mol. The molecule has 1 fully saturated rings. The SMILES string of the molecule is CC(CCC(C)N1CCNCC1)c1cccnc1. The zero-order valence-electron chi connectivity index (χ0n) is 11.6. The quantitative estimate of drug-likeness (QED) is 0.865. The molecule has 0 saturated carbocycles. The second-order valence-electron chi connectivity index (χ2n) is 5.40. The van der Waals surface area contributed by atoms with E-state index in [2.05, 4.69) is 35.1 Å². The fourth-order valence-corrected chi connectivity index (χ4v) is 2.63. The van der Waals surface area contributed by atoms with Gasteiger partial charge in [0.25, 0.3) is 0 Å². The van der Waals surface area contributed by atoms with Gasteiger partial charge in [-0.3, -0.25) is 9.88 Å². The van der Waals surface area contributed by atoms with Crippen LogP contribution in [0.2, 0.25) is 0 Å². The minimum atomic E-state index is 0.615. The van der Waals surface area contributed by atoms with E-state index in [1.54, 1.807) is 0 Å². The van der Waals surface area contributed by atoms with Gasteiger partial charge in [0.05, 0.1) is 0 Å². The Kier molecular flexibility index (Phi) is 5.14. The van der Waals surface area contributed by atoms with Crippen molar-refractivity contribution >= 4 is 0 Å². The van der Waals surface area contributed by atoms with E-state index in [0.717, 1.165) is 13.1 Å². The van der Waals surface area contributed by atoms with Crippen molar-refractivity contribution in [3.05, 3.63) is 30.1 Å². The summed E-state index contributed by atoms with van der Waals surface area (Å²) in [7, 11) is 0. The molecule has 1 aromatic heterocycles. The number of hydrogen-bond donors (Lipinski definition) is 1. The Balaban J connectivity index is 1.76. The number of pyridine rings is 1. The zero-order valence-corrected chi connectivity index (χ0v) is 11.6. The van der Waals surface area contributed by atoms with Crippen molar-refractivity contribution in [3.8, 4) is 0 Å². The van der Waals surface area contributed by atoms with Crippen LogP contribution in [-0.4, -0.2) is 42.1 Å². The van der Waals surface area contributed by atoms with Gasteiger partial charge in [0.15, 0.2) is 0 Å². The molecule has 1 N–H and O–H groups in total. The largest absolute Gasteiger partial charge is 0.314 e. The van der Waals surface area contributed by atoms with Crippen molar-refractivity contribution in [2.24, 2.45) is 0 Å². The standard InChI is InChI=1S/C15H25N3/c1-13(15-4-3-7-17-12-15)5-6-14(2)18-10-8-16-9-11-18/h3-4,7,12-14,16H,5-6,8-11H2,1-2H3. The number of piperazine rings is 1. The maximum atomic E-state index is 4.20. The summed E-state index contributed by atoms with van der Waals surface area (Å²) < 4.78 is 0. The lowest BCUT2D eigenvalue weighted by atomic mass is 9.95. The lowest BCUT2D eigenvalue weighted by Crippen LogP contribution is -2.47. The summed E-state index contributed by atoms with van der Waals surface area (Å²) in [6.07, 6.45) is 6.37. The number of rotatable bonds is 5. The zero-order chi connectivity index (χ0) is 12.8. The molecule has 0 aliphatic carbocycles. The Bertz CT molecular complexity index is 333. The summed E-state index contributed by atoms with van der Waals surface area (Å²) >= 11 is 0. The Morgan fingerprint density at radius 3 is 2.72 bits per heavy atom. The highest BCUT2D eigenvalue weighted by Gasteiger charge is 2.17. The van der Waals surface area contributed by atoms with Gasteiger partial charge in [-0.25, -0.2) is 0 Å². The summed E-state index contributed by atoms with van der Waals surface area (Å²) in [5, 5.41) is 3.41. The summed E-state index contributed by atoms with van der Waals surface area (Å²) in [6, 6.07) is 4.92. The van der Waals surface area contributed by atoms with Crippen molar-refractivity contribution in [2.75, 3.05) is 26.2 Å². The smallest absolute Gasteiger partial charge is 0.0302 e. The van der Waals surface area contributed by atoms with Crippen LogP contribution in [0.4, 0.5) is 0 Å². The maximum absolute atomic E-state index is 4.20. The third-order valence-corrected chi connectivity index (χ3v) is 4.05. The predicted octanol–water partition coefficient (Wildman–Crippen LogP) is 2.26. The van der Waals surface area contributed by atoms with E-state index < -0.39 is 0 Å². The van der Waals surface area contributed by atoms with Crippen molar-refractivity contribution in [2.45, 2.75) is 38.6 Å². The van der Waals surface area contributed by atoms with Gasteiger partial charge in [0.1, 0.15) is 0 Å². The molecule has 1 aromatic rings. The van der Waals surface area contributed by atoms with Crippen LogP contribution in [0, 0.1) is 0 Å². The lowest BCUT2D eigenvalue weighted by Gasteiger charge is -2.33. The van der Waals surface area contributed by atoms with Crippen molar-refractivity contribution in [1.29, 1.82) is 0 Å². The van der Waals surface area contributed by atoms with E-state index in [0.29, 0.717) is 12.0 Å². The molecule has 0 bridgehead atoms. The van der Waals surface area contributed by atoms with E-state index in [-0.39, 0.29) is 0 Å². The fraction of sp³-hybridized carbons (Fsp3) is 0.667. The average molecular weight is 247 g/mol. The summed E-state index contributed by atoms with van der Waals surface area (Å²) in [6.45, 7) is 9.35. The van der Waals surface area contributed by atoms with Crippen LogP contribution in [0.25, 0.3) is 0 Å². The first-order chi connectivity index (χ1) is 8.77. The molecule has 2 heterocycles. The van der Waals surface area contributed by atoms with Crippen molar-refractivity contribution in [3.63, 3.8) is 0 Å². The first kappa shape index (κ1) is 13.5. The van der Waals surface area contributed by atoms with E-state index in [1.807, 2.05) is 18.5 Å². The molecule has 2 unspecified atom stereocenters. The van der Waals surface area contributed by atoms with Crippen LogP contribution in [-0.2, 0) is 0 Å². The van der Waals surface area contributed by atoms with Crippen LogP contribution in [0.5, 0.6) is 0 Å². The first-order valence-electron chi connectivity index (χ1n) is 7.12. The van der Waals surface area contributed by atoms with Crippen molar-refractivity contribution in [1.82, 2.24) is 15.2 Å². The highest BCUT2D eigenvalue weighted by Crippen LogP contribution is 2.21. The Morgan fingerprint density at radius 2 is 2.06 bits per heavy atom. The van der Waals surface area contributed by atoms with Gasteiger partial charge in [0, 0.05) is 44.6 Å². The molecule has 1 saturated heterocycles. The number of hydrogen-bond acceptors (Lipinski definition) is 3. The minimum Gasteiger partial charge on any atom is -0.314 e. The molecule has 3 heteroatoms. The van der Waals surface area contributed by atoms with Gasteiger partial charge in [-0.2, -0.15) is 0 Å². The molecule has 0 amide bonds. The molecular formula is C15H25N3. The van der Waals surface area contributed by atoms with Crippen LogP contribution >= 0.6 is 0 Å². The Morgan fingerprint density at radius 1 is 1.28 bits per heavy atom. The molecule has 1 aliphatic rings. The Labute approximate surface area is 111 Å². The molecule has 18 heavy (non-hydrogen) atoms. The average Bonchev–Trinajstić information content (AvgIpc) is 2.46. The fourth-order valence-electron chi connectivity index (χ4n) is 2.63. The number of aromatic nitrogens is 1. The first-order valence-corrected chi connectivity index (χ1v) is 7.12. The van der Waals surface area contributed by atoms with Crippen LogP contribution in [0.1, 0.15) is 38.2 Å². The second-order valence-corrected chi connectivity index (χ2v) is 5.40. The Hall–Kier alpha value is -0.930. The molecular weight excluding hydrogens is 222 g/mol. The summed E-state index contributed by atoms with van der Waals surface area (Å²) in [4.78, 5) is 6.81. The van der Waals surface area contributed by atoms with Gasteiger partial charge in [0.2, 0.25) is 0 Å². The normalized spacial score (nSPS) is 20.6. The number of nitrogens with one attached hydrogen (secondary N) is 1. The summed E-state index contributed by atoms with van der Waals surface area (Å²) in [5.74, 6) is 0.615. The second kappa shape index (κ2) is 6.86. The van der Waals surface area contributed by atoms with Crippen LogP contribution in [0.3, 0.4) is 0 Å². The van der Waals surface area contributed by atoms with Gasteiger partial charge in [-0.15, -0.1) is 0 Å². The minimum absolute atomic E-state index is 0.615. The predicted molar refractivity (Wildman–Crippen MR) is 75.8 cm³/mol. The van der Waals surface area contributed by atoms with Crippen LogP contribution < -0.4 is 5.32 Å². The molecule has 0 aromatic carbocycles. The third-order valence-electron chi connectivity index (χ3n) is 4.05. The van der Waals surface area contributed by atoms with E-state index in [1.165, 1.54) is 31.5 Å². The van der Waals surface area contributed by atoms with Gasteiger partial charge in [-0.1, -0.05) is 13.0 Å². The van der Waals surface area contributed by atoms with Crippen molar-refractivity contribution < 1.29 is 0 Å². The lowest BCUT2D eigenvalue weighted by molar-refractivity contribution is 0.173. The van der Waals surface area contributed by atoms with E-state index in [4.69, 9.17) is 0 Å². The van der Waals surface area contributed by atoms with Crippen LogP contribution in [0.15, 0.2) is 24.5 Å². The van der Waals surface area contributed by atoms with Gasteiger partial charge >= 0.3 is 0 Å². The molecule has 0 radical (unpaired) electrons. The van der Waals surface area contributed by atoms with Gasteiger partial charge < -0.3 is 5.32 Å². The van der Waals surface area contributed by atoms with E-state index >= 15 is 0 Å². The maximum Gasteiger partial charge on any atom is 0.0302 e. The third kappa shape index (κ3) is 3.79. The molecule has 0 spiro atoms. The molecule has 100 valence electrons. The van der Waals surface area contributed by atoms with E-state index in [9.17, 15) is 0 Å². The molecule has 1 aliphatic heterocycles. The highest BCUT2D eigenvalue weighted by atomic mass is 15.2. The molecule has 2 rings (SSSR count). The molecule has 2 atom stereocenters. The molecule has 3 nitrogen and oxygen atoms in total.